The molecule has 0 unspecified atom stereocenters. The fraction of sp³-hybridized carbons (Fsp3) is 0.750. The third-order valence-electron chi connectivity index (χ3n) is 0.386. The van der Waals surface area contributed by atoms with Gasteiger partial charge in [-0.2, -0.15) is 0 Å². The number of rotatable bonds is 2. The number of hydrogen-bond acceptors (Lipinski definition) is 2. The van der Waals surface area contributed by atoms with E-state index in [1.165, 1.54) is 0 Å². The van der Waals surface area contributed by atoms with E-state index in [0.717, 1.165) is 0 Å². The largest absolute Gasteiger partial charge is 0.363 e. The second-order valence-electron chi connectivity index (χ2n) is 0.859. The van der Waals surface area contributed by atoms with Crippen LogP contribution in [0, 0.1) is 0 Å². The summed E-state index contributed by atoms with van der Waals surface area (Å²) in [4.78, 5) is 3.74. The van der Waals surface area contributed by atoms with Gasteiger partial charge in [0.25, 0.3) is 0 Å². The van der Waals surface area contributed by atoms with Gasteiger partial charge in [0, 0.05) is 7.11 Å². The average Bonchev–Trinajstić information content (AvgIpc) is 1.61. The molecule has 0 aliphatic rings. The highest BCUT2D eigenvalue weighted by Crippen LogP contribution is 1.63. The Labute approximate surface area is 37.8 Å². The van der Waals surface area contributed by atoms with Gasteiger partial charge in [0.1, 0.15) is 6.73 Å². The highest BCUT2D eigenvalue weighted by Gasteiger charge is 1.61. The molecular formula is C4H9NO. The molecule has 36 valence electrons. The molecular weight excluding hydrogens is 78.0 g/mol. The van der Waals surface area contributed by atoms with Crippen molar-refractivity contribution in [2.24, 2.45) is 4.99 Å². The summed E-state index contributed by atoms with van der Waals surface area (Å²) in [5.74, 6) is 0. The molecule has 2 heteroatoms. The van der Waals surface area contributed by atoms with Gasteiger partial charge < -0.3 is 4.74 Å². The van der Waals surface area contributed by atoms with Crippen LogP contribution in [0.1, 0.15) is 6.92 Å². The van der Waals surface area contributed by atoms with Gasteiger partial charge in [-0.05, 0) is 13.1 Å². The van der Waals surface area contributed by atoms with Crippen LogP contribution in [0.2, 0.25) is 0 Å². The van der Waals surface area contributed by atoms with Crippen LogP contribution in [0.15, 0.2) is 4.99 Å². The van der Waals surface area contributed by atoms with Gasteiger partial charge in [0.2, 0.25) is 0 Å². The molecule has 2 nitrogen and oxygen atoms in total. The summed E-state index contributed by atoms with van der Waals surface area (Å²) < 4.78 is 4.58. The van der Waals surface area contributed by atoms with E-state index in [2.05, 4.69) is 9.73 Å². The maximum atomic E-state index is 4.58. The summed E-state index contributed by atoms with van der Waals surface area (Å²) in [6.45, 7) is 2.34. The van der Waals surface area contributed by atoms with Crippen LogP contribution in [0.4, 0.5) is 0 Å². The first-order valence-corrected chi connectivity index (χ1v) is 1.85. The molecule has 0 N–H and O–H groups in total. The minimum Gasteiger partial charge on any atom is -0.363 e. The third-order valence-corrected chi connectivity index (χ3v) is 0.386. The van der Waals surface area contributed by atoms with Crippen LogP contribution < -0.4 is 0 Å². The van der Waals surface area contributed by atoms with Crippen LogP contribution in [-0.2, 0) is 4.74 Å². The Bertz CT molecular complexity index is 42.8. The number of aliphatic imine (C=N–C) groups is 1. The number of methoxy groups -OCH3 is 1. The van der Waals surface area contributed by atoms with Crippen molar-refractivity contribution in [1.29, 1.82) is 0 Å². The molecule has 0 heterocycles. The zero-order valence-corrected chi connectivity index (χ0v) is 4.14. The average molecular weight is 87.1 g/mol. The molecule has 0 rings (SSSR count). The van der Waals surface area contributed by atoms with E-state index in [4.69, 9.17) is 0 Å². The molecule has 0 aliphatic heterocycles. The molecule has 6 heavy (non-hydrogen) atoms. The summed E-state index contributed by atoms with van der Waals surface area (Å²) in [5, 5.41) is 0. The molecule has 0 aromatic heterocycles. The lowest BCUT2D eigenvalue weighted by Gasteiger charge is -1.82. The first-order valence-electron chi connectivity index (χ1n) is 1.85. The third kappa shape index (κ3) is 3.63. The van der Waals surface area contributed by atoms with Gasteiger partial charge in [-0.1, -0.05) is 0 Å². The second kappa shape index (κ2) is 4.63. The minimum atomic E-state index is 0.483. The zero-order chi connectivity index (χ0) is 4.83. The fourth-order valence-electron chi connectivity index (χ4n) is 0.149. The topological polar surface area (TPSA) is 21.6 Å². The van der Waals surface area contributed by atoms with Crippen molar-refractivity contribution in [3.63, 3.8) is 0 Å². The van der Waals surface area contributed by atoms with Gasteiger partial charge >= 0.3 is 0 Å². The molecule has 0 spiro atoms. The van der Waals surface area contributed by atoms with Crippen LogP contribution in [0.3, 0.4) is 0 Å². The number of hydrogen-bond donors (Lipinski definition) is 0. The van der Waals surface area contributed by atoms with Crippen molar-refractivity contribution >= 4 is 6.21 Å². The van der Waals surface area contributed by atoms with Crippen molar-refractivity contribution < 1.29 is 4.74 Å². The van der Waals surface area contributed by atoms with Gasteiger partial charge in [-0.3, -0.25) is 4.99 Å². The van der Waals surface area contributed by atoms with Crippen molar-refractivity contribution in [3.05, 3.63) is 0 Å². The quantitative estimate of drug-likeness (QED) is 0.454. The number of nitrogens with zero attached hydrogens (tertiary/aromatic N) is 1. The Morgan fingerprint density at radius 1 is 1.83 bits per heavy atom. The van der Waals surface area contributed by atoms with Crippen LogP contribution in [-0.4, -0.2) is 20.1 Å². The molecule has 0 aliphatic carbocycles. The lowest BCUT2D eigenvalue weighted by Crippen LogP contribution is -1.79. The van der Waals surface area contributed by atoms with Crippen LogP contribution in [0.5, 0.6) is 0 Å². The van der Waals surface area contributed by atoms with Crippen molar-refractivity contribution in [3.8, 4) is 0 Å². The summed E-state index contributed by atoms with van der Waals surface area (Å²) in [6, 6.07) is 0. The molecule has 0 radical (unpaired) electrons. The molecule has 0 atom stereocenters. The monoisotopic (exact) mass is 87.1 g/mol. The van der Waals surface area contributed by atoms with E-state index in [0.29, 0.717) is 6.73 Å². The van der Waals surface area contributed by atoms with Gasteiger partial charge in [-0.25, -0.2) is 0 Å². The van der Waals surface area contributed by atoms with Gasteiger partial charge in [0.05, 0.1) is 0 Å². The van der Waals surface area contributed by atoms with Gasteiger partial charge in [-0.15, -0.1) is 0 Å². The summed E-state index contributed by atoms with van der Waals surface area (Å²) >= 11 is 0. The highest BCUT2D eigenvalue weighted by atomic mass is 16.5. The highest BCUT2D eigenvalue weighted by molar-refractivity contribution is 5.52. The standard InChI is InChI=1S/C4H9NO/c1-3-5-4-6-2/h3H,4H2,1-2H3. The fourth-order valence-corrected chi connectivity index (χ4v) is 0.149. The Morgan fingerprint density at radius 2 is 2.50 bits per heavy atom. The van der Waals surface area contributed by atoms with E-state index in [9.17, 15) is 0 Å². The zero-order valence-electron chi connectivity index (χ0n) is 4.14. The minimum absolute atomic E-state index is 0.483. The smallest absolute Gasteiger partial charge is 0.136 e. The van der Waals surface area contributed by atoms with E-state index in [1.807, 2.05) is 6.92 Å². The number of ether oxygens (including phenoxy) is 1. The van der Waals surface area contributed by atoms with Gasteiger partial charge in [0.15, 0.2) is 0 Å². The van der Waals surface area contributed by atoms with Crippen molar-refractivity contribution in [2.75, 3.05) is 13.8 Å². The molecule has 0 aromatic rings. The second-order valence-corrected chi connectivity index (χ2v) is 0.859. The van der Waals surface area contributed by atoms with Crippen molar-refractivity contribution in [1.82, 2.24) is 0 Å². The molecule has 0 amide bonds. The lowest BCUT2D eigenvalue weighted by atomic mass is 10.9. The summed E-state index contributed by atoms with van der Waals surface area (Å²) in [5.41, 5.74) is 0. The Morgan fingerprint density at radius 3 is 2.67 bits per heavy atom. The maximum Gasteiger partial charge on any atom is 0.136 e. The summed E-state index contributed by atoms with van der Waals surface area (Å²) in [6.07, 6.45) is 1.71. The molecule has 0 aromatic carbocycles. The predicted molar refractivity (Wildman–Crippen MR) is 26.0 cm³/mol. The molecule has 0 bridgehead atoms. The Kier molecular flexibility index (Phi) is 4.34. The van der Waals surface area contributed by atoms with E-state index < -0.39 is 0 Å². The molecule has 0 saturated heterocycles. The molecule has 0 saturated carbocycles. The van der Waals surface area contributed by atoms with E-state index >= 15 is 0 Å². The van der Waals surface area contributed by atoms with E-state index in [-0.39, 0.29) is 0 Å². The normalized spacial score (nSPS) is 10.3. The van der Waals surface area contributed by atoms with Crippen molar-refractivity contribution in [2.45, 2.75) is 6.92 Å². The van der Waals surface area contributed by atoms with Crippen LogP contribution in [0.25, 0.3) is 0 Å². The van der Waals surface area contributed by atoms with Crippen LogP contribution >= 0.6 is 0 Å². The SMILES string of the molecule is CC=NCOC. The molecule has 0 fully saturated rings. The summed E-state index contributed by atoms with van der Waals surface area (Å²) in [7, 11) is 1.62. The Balaban J connectivity index is 2.66. The maximum absolute atomic E-state index is 4.58. The first kappa shape index (κ1) is 5.63. The predicted octanol–water partition coefficient (Wildman–Crippen LogP) is 0.681. The Hall–Kier alpha value is -0.370. The van der Waals surface area contributed by atoms with E-state index in [1.54, 1.807) is 13.3 Å². The lowest BCUT2D eigenvalue weighted by molar-refractivity contribution is 0.209. The first-order chi connectivity index (χ1) is 2.91.